The van der Waals surface area contributed by atoms with Gasteiger partial charge < -0.3 is 15.0 Å². The molecule has 0 aliphatic carbocycles. The van der Waals surface area contributed by atoms with Crippen molar-refractivity contribution in [3.8, 4) is 0 Å². The Morgan fingerprint density at radius 3 is 2.64 bits per heavy atom. The van der Waals surface area contributed by atoms with Crippen LogP contribution >= 0.6 is 11.8 Å². The molecule has 0 unspecified atom stereocenters. The summed E-state index contributed by atoms with van der Waals surface area (Å²) < 4.78 is 5.14. The van der Waals surface area contributed by atoms with Gasteiger partial charge in [-0.2, -0.15) is 0 Å². The molecule has 2 aliphatic rings. The number of carbonyl (C=O) groups excluding carboxylic acids is 3. The van der Waals surface area contributed by atoms with E-state index in [1.165, 1.54) is 0 Å². The third-order valence-electron chi connectivity index (χ3n) is 4.48. The smallest absolute Gasteiger partial charge is 0.338 e. The van der Waals surface area contributed by atoms with E-state index in [-0.39, 0.29) is 22.8 Å². The summed E-state index contributed by atoms with van der Waals surface area (Å²) in [6.45, 7) is 5.60. The zero-order chi connectivity index (χ0) is 18.2. The molecular formula is C18H22N2O4S. The molecule has 134 valence electrons. The van der Waals surface area contributed by atoms with Crippen LogP contribution in [0.2, 0.25) is 0 Å². The maximum atomic E-state index is 12.6. The maximum Gasteiger partial charge on any atom is 0.338 e. The number of amides is 2. The molecule has 3 rings (SSSR count). The first kappa shape index (κ1) is 17.8. The lowest BCUT2D eigenvalue weighted by atomic mass is 10.2. The van der Waals surface area contributed by atoms with Crippen LogP contribution in [0.15, 0.2) is 24.3 Å². The highest BCUT2D eigenvalue weighted by molar-refractivity contribution is 8.01. The number of ether oxygens (including phenoxy) is 1. The quantitative estimate of drug-likeness (QED) is 0.834. The van der Waals surface area contributed by atoms with Crippen molar-refractivity contribution in [1.82, 2.24) is 4.90 Å². The van der Waals surface area contributed by atoms with Gasteiger partial charge in [0, 0.05) is 17.9 Å². The lowest BCUT2D eigenvalue weighted by Gasteiger charge is -2.29. The molecule has 2 atom stereocenters. The lowest BCUT2D eigenvalue weighted by molar-refractivity contribution is -0.135. The second-order valence-corrected chi connectivity index (χ2v) is 8.29. The van der Waals surface area contributed by atoms with E-state index in [4.69, 9.17) is 4.74 Å². The van der Waals surface area contributed by atoms with Crippen molar-refractivity contribution in [1.29, 1.82) is 0 Å². The molecule has 0 aromatic heterocycles. The number of benzene rings is 1. The Kier molecular flexibility index (Phi) is 4.77. The highest BCUT2D eigenvalue weighted by Gasteiger charge is 2.52. The Morgan fingerprint density at radius 1 is 1.32 bits per heavy atom. The molecule has 1 aromatic carbocycles. The van der Waals surface area contributed by atoms with Crippen LogP contribution < -0.4 is 5.32 Å². The predicted octanol–water partition coefficient (Wildman–Crippen LogP) is 2.64. The van der Waals surface area contributed by atoms with Crippen LogP contribution in [0.3, 0.4) is 0 Å². The number of hydrogen-bond acceptors (Lipinski definition) is 5. The number of hydrogen-bond donors (Lipinski definition) is 1. The van der Waals surface area contributed by atoms with E-state index >= 15 is 0 Å². The Bertz CT molecular complexity index is 704. The topological polar surface area (TPSA) is 75.7 Å². The van der Waals surface area contributed by atoms with Crippen LogP contribution in [0.4, 0.5) is 5.69 Å². The Morgan fingerprint density at radius 2 is 2.00 bits per heavy atom. The highest BCUT2D eigenvalue weighted by Crippen LogP contribution is 2.47. The summed E-state index contributed by atoms with van der Waals surface area (Å²) in [6, 6.07) is 6.13. The van der Waals surface area contributed by atoms with Gasteiger partial charge in [-0.05, 0) is 51.5 Å². The minimum Gasteiger partial charge on any atom is -0.459 e. The normalized spacial score (nSPS) is 25.2. The van der Waals surface area contributed by atoms with Gasteiger partial charge in [0.15, 0.2) is 0 Å². The fourth-order valence-corrected chi connectivity index (χ4v) is 4.64. The van der Waals surface area contributed by atoms with E-state index in [0.29, 0.717) is 23.4 Å². The summed E-state index contributed by atoms with van der Waals surface area (Å²) in [5.41, 5.74) is 1.03. The van der Waals surface area contributed by atoms with Gasteiger partial charge in [-0.25, -0.2) is 4.79 Å². The number of thioether (sulfide) groups is 1. The van der Waals surface area contributed by atoms with Crippen molar-refractivity contribution in [2.45, 2.75) is 50.6 Å². The SMILES string of the molecule is CC(C)OC(=O)c1ccc(NC(=O)[C@H]2CS[C@]3(C)CCC(=O)N23)cc1. The zero-order valence-corrected chi connectivity index (χ0v) is 15.4. The van der Waals surface area contributed by atoms with Crippen LogP contribution in [0, 0.1) is 0 Å². The lowest BCUT2D eigenvalue weighted by Crippen LogP contribution is -2.48. The first-order valence-electron chi connectivity index (χ1n) is 8.38. The molecule has 2 amide bonds. The van der Waals surface area contributed by atoms with E-state index in [1.54, 1.807) is 54.8 Å². The second-order valence-electron chi connectivity index (χ2n) is 6.79. The van der Waals surface area contributed by atoms with Crippen molar-refractivity contribution in [2.24, 2.45) is 0 Å². The van der Waals surface area contributed by atoms with Gasteiger partial charge in [0.05, 0.1) is 16.5 Å². The molecule has 2 aliphatic heterocycles. The molecule has 0 radical (unpaired) electrons. The number of rotatable bonds is 4. The largest absolute Gasteiger partial charge is 0.459 e. The molecule has 0 bridgehead atoms. The molecule has 1 aromatic rings. The molecule has 2 heterocycles. The monoisotopic (exact) mass is 362 g/mol. The molecule has 7 heteroatoms. The van der Waals surface area contributed by atoms with Gasteiger partial charge in [0.25, 0.3) is 0 Å². The van der Waals surface area contributed by atoms with Crippen molar-refractivity contribution >= 4 is 35.2 Å². The summed E-state index contributed by atoms with van der Waals surface area (Å²) in [5.74, 6) is 0.0641. The second kappa shape index (κ2) is 6.71. The van der Waals surface area contributed by atoms with Crippen LogP contribution in [-0.4, -0.2) is 45.5 Å². The maximum absolute atomic E-state index is 12.6. The Labute approximate surface area is 151 Å². The van der Waals surface area contributed by atoms with E-state index in [0.717, 1.165) is 6.42 Å². The number of fused-ring (bicyclic) bond motifs is 1. The van der Waals surface area contributed by atoms with Gasteiger partial charge in [0.1, 0.15) is 6.04 Å². The fourth-order valence-electron chi connectivity index (χ4n) is 3.21. The van der Waals surface area contributed by atoms with Gasteiger partial charge in [-0.1, -0.05) is 0 Å². The summed E-state index contributed by atoms with van der Waals surface area (Å²) in [6.07, 6.45) is 1.10. The summed E-state index contributed by atoms with van der Waals surface area (Å²) in [5, 5.41) is 2.84. The number of anilines is 1. The molecule has 2 saturated heterocycles. The summed E-state index contributed by atoms with van der Waals surface area (Å²) in [7, 11) is 0. The van der Waals surface area contributed by atoms with Crippen molar-refractivity contribution in [3.05, 3.63) is 29.8 Å². The fraction of sp³-hybridized carbons (Fsp3) is 0.500. The van der Waals surface area contributed by atoms with Gasteiger partial charge in [0.2, 0.25) is 11.8 Å². The Balaban J connectivity index is 1.66. The van der Waals surface area contributed by atoms with E-state index in [1.807, 2.05) is 6.92 Å². The molecule has 1 N–H and O–H groups in total. The number of esters is 1. The summed E-state index contributed by atoms with van der Waals surface area (Å²) in [4.78, 5) is 38.0. The molecule has 0 spiro atoms. The minimum atomic E-state index is -0.449. The first-order valence-corrected chi connectivity index (χ1v) is 9.37. The number of nitrogens with one attached hydrogen (secondary N) is 1. The predicted molar refractivity (Wildman–Crippen MR) is 96.4 cm³/mol. The minimum absolute atomic E-state index is 0.0411. The van der Waals surface area contributed by atoms with Crippen LogP contribution in [0.25, 0.3) is 0 Å². The molecule has 25 heavy (non-hydrogen) atoms. The van der Waals surface area contributed by atoms with Crippen LogP contribution in [0.5, 0.6) is 0 Å². The van der Waals surface area contributed by atoms with Crippen LogP contribution in [-0.2, 0) is 14.3 Å². The average Bonchev–Trinajstić information content (AvgIpc) is 3.04. The first-order chi connectivity index (χ1) is 11.8. The molecule has 2 fully saturated rings. The number of carbonyl (C=O) groups is 3. The molecule has 6 nitrogen and oxygen atoms in total. The summed E-state index contributed by atoms with van der Waals surface area (Å²) >= 11 is 1.66. The van der Waals surface area contributed by atoms with Gasteiger partial charge >= 0.3 is 5.97 Å². The van der Waals surface area contributed by atoms with E-state index in [2.05, 4.69) is 5.32 Å². The van der Waals surface area contributed by atoms with Crippen LogP contribution in [0.1, 0.15) is 44.0 Å². The van der Waals surface area contributed by atoms with Crippen molar-refractivity contribution in [3.63, 3.8) is 0 Å². The third kappa shape index (κ3) is 3.51. The van der Waals surface area contributed by atoms with E-state index < -0.39 is 12.0 Å². The van der Waals surface area contributed by atoms with E-state index in [9.17, 15) is 14.4 Å². The van der Waals surface area contributed by atoms with Gasteiger partial charge in [-0.3, -0.25) is 9.59 Å². The average molecular weight is 362 g/mol. The Hall–Kier alpha value is -2.02. The third-order valence-corrected chi connectivity index (χ3v) is 5.98. The van der Waals surface area contributed by atoms with Crippen molar-refractivity contribution < 1.29 is 19.1 Å². The highest BCUT2D eigenvalue weighted by atomic mass is 32.2. The molecular weight excluding hydrogens is 340 g/mol. The zero-order valence-electron chi connectivity index (χ0n) is 14.6. The van der Waals surface area contributed by atoms with Crippen molar-refractivity contribution in [2.75, 3.05) is 11.1 Å². The van der Waals surface area contributed by atoms with Gasteiger partial charge in [-0.15, -0.1) is 11.8 Å². The molecule has 0 saturated carbocycles. The standard InChI is InChI=1S/C18H22N2O4S/c1-11(2)24-17(23)12-4-6-13(7-5-12)19-16(22)14-10-25-18(3)9-8-15(21)20(14)18/h4-7,11,14H,8-10H2,1-3H3,(H,19,22)/t14-,18-/m1/s1. The number of nitrogens with zero attached hydrogens (tertiary/aromatic N) is 1.